The summed E-state index contributed by atoms with van der Waals surface area (Å²) in [6.07, 6.45) is 6.68. The second-order valence-corrected chi connectivity index (χ2v) is 12.9. The van der Waals surface area contributed by atoms with Gasteiger partial charge in [0.05, 0.1) is 16.9 Å². The summed E-state index contributed by atoms with van der Waals surface area (Å²) in [7, 11) is -3.09. The number of sulfone groups is 1. The maximum atomic E-state index is 12.8. The number of carbonyl (C=O) groups is 1. The van der Waals surface area contributed by atoms with Gasteiger partial charge in [-0.3, -0.25) is 4.79 Å². The molecule has 3 aliphatic rings. The summed E-state index contributed by atoms with van der Waals surface area (Å²) in [5, 5.41) is 3.82. The van der Waals surface area contributed by atoms with Gasteiger partial charge in [-0.1, -0.05) is 11.6 Å². The first-order valence-corrected chi connectivity index (χ1v) is 13.7. The number of piperidine rings is 1. The van der Waals surface area contributed by atoms with Crippen LogP contribution in [0.4, 0.5) is 6.01 Å². The lowest BCUT2D eigenvalue weighted by Gasteiger charge is -2.46. The molecule has 2 saturated heterocycles. The van der Waals surface area contributed by atoms with Crippen molar-refractivity contribution < 1.29 is 17.6 Å². The molecule has 32 heavy (non-hydrogen) atoms. The molecule has 7 nitrogen and oxygen atoms in total. The van der Waals surface area contributed by atoms with Gasteiger partial charge in [-0.25, -0.2) is 8.42 Å². The van der Waals surface area contributed by atoms with Crippen molar-refractivity contribution in [3.05, 3.63) is 23.2 Å². The van der Waals surface area contributed by atoms with Gasteiger partial charge in [0.1, 0.15) is 5.52 Å². The SMILES string of the molecule is CC1(C(=O)NC2CCC3(CC2)CCN(c2nc4cc(Cl)ccc4o2)CC3)CCS(=O)(=O)C1. The highest BCUT2D eigenvalue weighted by molar-refractivity contribution is 7.91. The van der Waals surface area contributed by atoms with Gasteiger partial charge in [-0.15, -0.1) is 0 Å². The standard InChI is InChI=1S/C23H30ClN3O4S/c1-22(10-13-32(29,30)15-22)20(28)25-17-4-6-23(7-5-17)8-11-27(12-9-23)21-26-18-14-16(24)2-3-19(18)31-21/h2-3,14,17H,4-13,15H2,1H3,(H,25,28). The van der Waals surface area contributed by atoms with Crippen LogP contribution in [0.15, 0.2) is 22.6 Å². The average molecular weight is 480 g/mol. The first-order chi connectivity index (χ1) is 15.2. The van der Waals surface area contributed by atoms with Crippen LogP contribution in [0.2, 0.25) is 5.02 Å². The predicted molar refractivity (Wildman–Crippen MR) is 125 cm³/mol. The fourth-order valence-electron chi connectivity index (χ4n) is 5.62. The number of benzene rings is 1. The van der Waals surface area contributed by atoms with Crippen LogP contribution in [-0.4, -0.2) is 49.9 Å². The van der Waals surface area contributed by atoms with Crippen molar-refractivity contribution in [3.63, 3.8) is 0 Å². The zero-order valence-corrected chi connectivity index (χ0v) is 20.0. The minimum atomic E-state index is -3.09. The highest BCUT2D eigenvalue weighted by atomic mass is 35.5. The first-order valence-electron chi connectivity index (χ1n) is 11.5. The number of carbonyl (C=O) groups excluding carboxylic acids is 1. The number of halogens is 1. The second-order valence-electron chi connectivity index (χ2n) is 10.2. The molecule has 1 atom stereocenters. The summed E-state index contributed by atoms with van der Waals surface area (Å²) in [5.41, 5.74) is 1.08. The van der Waals surface area contributed by atoms with Gasteiger partial charge in [0.25, 0.3) is 6.01 Å². The summed E-state index contributed by atoms with van der Waals surface area (Å²) in [4.78, 5) is 19.6. The number of fused-ring (bicyclic) bond motifs is 1. The maximum Gasteiger partial charge on any atom is 0.298 e. The third-order valence-corrected chi connectivity index (χ3v) is 10.0. The molecule has 174 valence electrons. The van der Waals surface area contributed by atoms with E-state index in [0.29, 0.717) is 22.9 Å². The second kappa shape index (κ2) is 7.90. The normalized spacial score (nSPS) is 27.8. The summed E-state index contributed by atoms with van der Waals surface area (Å²) in [5.74, 6) is -0.000270. The highest BCUT2D eigenvalue weighted by Crippen LogP contribution is 2.45. The average Bonchev–Trinajstić information content (AvgIpc) is 3.30. The number of aromatic nitrogens is 1. The Morgan fingerprint density at radius 3 is 2.56 bits per heavy atom. The molecule has 2 aromatic rings. The number of oxazole rings is 1. The molecule has 1 aromatic carbocycles. The lowest BCUT2D eigenvalue weighted by molar-refractivity contribution is -0.130. The third kappa shape index (κ3) is 4.23. The van der Waals surface area contributed by atoms with Gasteiger partial charge in [0.15, 0.2) is 15.4 Å². The van der Waals surface area contributed by atoms with E-state index in [0.717, 1.165) is 62.7 Å². The molecule has 3 fully saturated rings. The van der Waals surface area contributed by atoms with E-state index in [2.05, 4.69) is 15.2 Å². The fourth-order valence-corrected chi connectivity index (χ4v) is 7.94. The van der Waals surface area contributed by atoms with E-state index < -0.39 is 15.3 Å². The van der Waals surface area contributed by atoms with Crippen molar-refractivity contribution in [2.45, 2.75) is 57.9 Å². The summed E-state index contributed by atoms with van der Waals surface area (Å²) >= 11 is 6.06. The van der Waals surface area contributed by atoms with E-state index >= 15 is 0 Å². The van der Waals surface area contributed by atoms with Crippen LogP contribution in [0, 0.1) is 10.8 Å². The lowest BCUT2D eigenvalue weighted by atomic mass is 9.67. The Bertz CT molecular complexity index is 1130. The minimum Gasteiger partial charge on any atom is -0.423 e. The van der Waals surface area contributed by atoms with Crippen molar-refractivity contribution in [1.29, 1.82) is 0 Å². The summed E-state index contributed by atoms with van der Waals surface area (Å²) in [6.45, 7) is 3.61. The maximum absolute atomic E-state index is 12.8. The Balaban J connectivity index is 1.15. The Kier molecular flexibility index (Phi) is 5.44. The molecule has 1 amide bonds. The number of amides is 1. The largest absolute Gasteiger partial charge is 0.423 e. The van der Waals surface area contributed by atoms with Gasteiger partial charge in [-0.05, 0) is 75.5 Å². The summed E-state index contributed by atoms with van der Waals surface area (Å²) in [6, 6.07) is 6.31. The van der Waals surface area contributed by atoms with E-state index in [9.17, 15) is 13.2 Å². The van der Waals surface area contributed by atoms with Crippen molar-refractivity contribution in [3.8, 4) is 0 Å². The highest BCUT2D eigenvalue weighted by Gasteiger charge is 2.45. The molecule has 1 saturated carbocycles. The molecule has 0 radical (unpaired) electrons. The van der Waals surface area contributed by atoms with Crippen LogP contribution in [0.25, 0.3) is 11.1 Å². The number of anilines is 1. The quantitative estimate of drug-likeness (QED) is 0.716. The van der Waals surface area contributed by atoms with Crippen LogP contribution in [-0.2, 0) is 14.6 Å². The number of nitrogens with zero attached hydrogens (tertiary/aromatic N) is 2. The van der Waals surface area contributed by atoms with E-state index in [1.54, 1.807) is 6.92 Å². The Hall–Kier alpha value is -1.80. The zero-order chi connectivity index (χ0) is 22.6. The van der Waals surface area contributed by atoms with E-state index in [4.69, 9.17) is 16.0 Å². The smallest absolute Gasteiger partial charge is 0.298 e. The van der Waals surface area contributed by atoms with Gasteiger partial charge in [0, 0.05) is 24.2 Å². The Labute approximate surface area is 193 Å². The summed E-state index contributed by atoms with van der Waals surface area (Å²) < 4.78 is 29.6. The zero-order valence-electron chi connectivity index (χ0n) is 18.4. The van der Waals surface area contributed by atoms with E-state index in [1.165, 1.54) is 0 Å². The van der Waals surface area contributed by atoms with Crippen molar-refractivity contribution in [2.75, 3.05) is 29.5 Å². The van der Waals surface area contributed by atoms with Crippen LogP contribution >= 0.6 is 11.6 Å². The molecule has 1 aromatic heterocycles. The van der Waals surface area contributed by atoms with Gasteiger partial charge >= 0.3 is 0 Å². The minimum absolute atomic E-state index is 0.0274. The number of rotatable bonds is 3. The first kappa shape index (κ1) is 22.0. The van der Waals surface area contributed by atoms with Crippen LogP contribution in [0.3, 0.4) is 0 Å². The topological polar surface area (TPSA) is 92.5 Å². The van der Waals surface area contributed by atoms with E-state index in [-0.39, 0.29) is 23.5 Å². The van der Waals surface area contributed by atoms with Crippen LogP contribution < -0.4 is 10.2 Å². The van der Waals surface area contributed by atoms with Gasteiger partial charge in [0.2, 0.25) is 5.91 Å². The van der Waals surface area contributed by atoms with Crippen molar-refractivity contribution in [2.24, 2.45) is 10.8 Å². The van der Waals surface area contributed by atoms with Gasteiger partial charge < -0.3 is 14.6 Å². The Morgan fingerprint density at radius 1 is 1.19 bits per heavy atom. The number of nitrogens with one attached hydrogen (secondary N) is 1. The van der Waals surface area contributed by atoms with E-state index in [1.807, 2.05) is 18.2 Å². The van der Waals surface area contributed by atoms with Crippen LogP contribution in [0.1, 0.15) is 51.9 Å². The monoisotopic (exact) mass is 479 g/mol. The molecule has 2 aliphatic heterocycles. The number of hydrogen-bond acceptors (Lipinski definition) is 6. The number of hydrogen-bond donors (Lipinski definition) is 1. The molecule has 3 heterocycles. The van der Waals surface area contributed by atoms with Gasteiger partial charge in [-0.2, -0.15) is 4.98 Å². The lowest BCUT2D eigenvalue weighted by Crippen LogP contribution is -2.49. The third-order valence-electron chi connectivity index (χ3n) is 7.87. The molecule has 1 spiro atoms. The van der Waals surface area contributed by atoms with Crippen molar-refractivity contribution in [1.82, 2.24) is 10.3 Å². The van der Waals surface area contributed by atoms with Crippen molar-refractivity contribution >= 4 is 44.5 Å². The molecule has 9 heteroatoms. The Morgan fingerprint density at radius 2 is 1.91 bits per heavy atom. The molecule has 0 bridgehead atoms. The molecule has 1 unspecified atom stereocenters. The fraction of sp³-hybridized carbons (Fsp3) is 0.652. The molecule has 5 rings (SSSR count). The predicted octanol–water partition coefficient (Wildman–Crippen LogP) is 3.95. The molecule has 1 N–H and O–H groups in total. The molecule has 1 aliphatic carbocycles. The molecular formula is C23H30ClN3O4S. The van der Waals surface area contributed by atoms with Crippen LogP contribution in [0.5, 0.6) is 0 Å². The molecular weight excluding hydrogens is 450 g/mol.